The summed E-state index contributed by atoms with van der Waals surface area (Å²) < 4.78 is 2.05. The van der Waals surface area contributed by atoms with Crippen LogP contribution >= 0.6 is 11.3 Å². The molecule has 1 atom stereocenters. The number of aryl methyl sites for hydroxylation is 2. The summed E-state index contributed by atoms with van der Waals surface area (Å²) in [4.78, 5) is 1.36. The molecule has 18 heavy (non-hydrogen) atoms. The maximum absolute atomic E-state index is 5.66. The van der Waals surface area contributed by atoms with Gasteiger partial charge < -0.3 is 0 Å². The molecular weight excluding hydrogens is 244 g/mol. The maximum Gasteiger partial charge on any atom is 0.0596 e. The molecule has 0 bridgehead atoms. The molecule has 2 rings (SSSR count). The minimum Gasteiger partial charge on any atom is -0.271 e. The summed E-state index contributed by atoms with van der Waals surface area (Å²) >= 11 is 1.77. The molecule has 2 aromatic heterocycles. The normalized spacial score (nSPS) is 12.8. The molecule has 5 heteroatoms. The van der Waals surface area contributed by atoms with E-state index < -0.39 is 0 Å². The Balaban J connectivity index is 2.05. The van der Waals surface area contributed by atoms with Gasteiger partial charge in [-0.2, -0.15) is 5.10 Å². The van der Waals surface area contributed by atoms with Crippen LogP contribution in [0.15, 0.2) is 23.6 Å². The molecule has 2 heterocycles. The van der Waals surface area contributed by atoms with E-state index in [9.17, 15) is 0 Å². The van der Waals surface area contributed by atoms with E-state index in [2.05, 4.69) is 41.0 Å². The van der Waals surface area contributed by atoms with Crippen LogP contribution in [0.25, 0.3) is 0 Å². The van der Waals surface area contributed by atoms with Gasteiger partial charge in [-0.3, -0.25) is 16.0 Å². The Kier molecular flexibility index (Phi) is 4.52. The van der Waals surface area contributed by atoms with Gasteiger partial charge in [-0.25, -0.2) is 0 Å². The lowest BCUT2D eigenvalue weighted by Crippen LogP contribution is -2.38. The first kappa shape index (κ1) is 13.3. The highest BCUT2D eigenvalue weighted by Crippen LogP contribution is 2.14. The van der Waals surface area contributed by atoms with E-state index in [0.717, 1.165) is 25.1 Å². The predicted octanol–water partition coefficient (Wildman–Crippen LogP) is 1.89. The van der Waals surface area contributed by atoms with E-state index in [1.54, 1.807) is 11.3 Å². The van der Waals surface area contributed by atoms with E-state index in [1.807, 2.05) is 11.6 Å². The summed E-state index contributed by atoms with van der Waals surface area (Å²) in [5.74, 6) is 5.66. The third kappa shape index (κ3) is 3.19. The average molecular weight is 264 g/mol. The van der Waals surface area contributed by atoms with Crippen molar-refractivity contribution in [3.05, 3.63) is 39.8 Å². The highest BCUT2D eigenvalue weighted by Gasteiger charge is 2.13. The molecule has 0 aliphatic rings. The van der Waals surface area contributed by atoms with Gasteiger partial charge in [0, 0.05) is 29.6 Å². The summed E-state index contributed by atoms with van der Waals surface area (Å²) in [6.07, 6.45) is 1.87. The lowest BCUT2D eigenvalue weighted by molar-refractivity contribution is 0.498. The Labute approximate surface area is 112 Å². The highest BCUT2D eigenvalue weighted by atomic mass is 32.1. The molecule has 0 aromatic carbocycles. The Bertz CT molecular complexity index is 475. The van der Waals surface area contributed by atoms with Gasteiger partial charge in [0.15, 0.2) is 0 Å². The number of nitrogens with one attached hydrogen (secondary N) is 1. The van der Waals surface area contributed by atoms with Crippen molar-refractivity contribution in [2.24, 2.45) is 5.84 Å². The molecule has 2 aromatic rings. The van der Waals surface area contributed by atoms with Gasteiger partial charge in [-0.05, 0) is 37.8 Å². The van der Waals surface area contributed by atoms with E-state index in [1.165, 1.54) is 10.6 Å². The first-order chi connectivity index (χ1) is 8.72. The van der Waals surface area contributed by atoms with Crippen LogP contribution in [0.3, 0.4) is 0 Å². The summed E-state index contributed by atoms with van der Waals surface area (Å²) in [7, 11) is 0. The summed E-state index contributed by atoms with van der Waals surface area (Å²) in [5, 5.41) is 6.56. The Morgan fingerprint density at radius 2 is 2.33 bits per heavy atom. The highest BCUT2D eigenvalue weighted by molar-refractivity contribution is 7.09. The van der Waals surface area contributed by atoms with E-state index in [4.69, 9.17) is 5.84 Å². The third-order valence-electron chi connectivity index (χ3n) is 3.00. The minimum atomic E-state index is 0.255. The lowest BCUT2D eigenvalue weighted by Gasteiger charge is -2.15. The fourth-order valence-corrected chi connectivity index (χ4v) is 2.94. The number of rotatable bonds is 6. The smallest absolute Gasteiger partial charge is 0.0596 e. The number of hydrogen-bond donors (Lipinski definition) is 2. The molecule has 0 spiro atoms. The molecule has 0 saturated heterocycles. The van der Waals surface area contributed by atoms with Crippen molar-refractivity contribution >= 4 is 11.3 Å². The summed E-state index contributed by atoms with van der Waals surface area (Å²) in [5.41, 5.74) is 5.23. The fourth-order valence-electron chi connectivity index (χ4n) is 2.15. The van der Waals surface area contributed by atoms with E-state index >= 15 is 0 Å². The molecule has 0 radical (unpaired) electrons. The van der Waals surface area contributed by atoms with Crippen LogP contribution in [0.4, 0.5) is 0 Å². The van der Waals surface area contributed by atoms with Crippen LogP contribution in [0.2, 0.25) is 0 Å². The number of thiophene rings is 1. The van der Waals surface area contributed by atoms with E-state index in [-0.39, 0.29) is 6.04 Å². The van der Waals surface area contributed by atoms with Crippen molar-refractivity contribution in [2.75, 3.05) is 0 Å². The van der Waals surface area contributed by atoms with Crippen molar-refractivity contribution in [3.8, 4) is 0 Å². The molecule has 1 unspecified atom stereocenters. The van der Waals surface area contributed by atoms with E-state index in [0.29, 0.717) is 0 Å². The number of nitrogens with two attached hydrogens (primary N) is 1. The van der Waals surface area contributed by atoms with Gasteiger partial charge in [0.05, 0.1) is 5.69 Å². The molecular formula is C13H20N4S. The van der Waals surface area contributed by atoms with Gasteiger partial charge in [0.1, 0.15) is 0 Å². The Morgan fingerprint density at radius 3 is 2.94 bits per heavy atom. The SMILES string of the molecule is CCn1nc(C)cc1CC(Cc1cccs1)NN. The maximum atomic E-state index is 5.66. The van der Waals surface area contributed by atoms with Crippen molar-refractivity contribution in [1.29, 1.82) is 0 Å². The molecule has 0 aliphatic heterocycles. The zero-order valence-electron chi connectivity index (χ0n) is 10.9. The second-order valence-corrected chi connectivity index (χ2v) is 5.48. The number of aromatic nitrogens is 2. The van der Waals surface area contributed by atoms with Crippen LogP contribution < -0.4 is 11.3 Å². The first-order valence-corrected chi connectivity index (χ1v) is 7.12. The largest absolute Gasteiger partial charge is 0.271 e. The Hall–Kier alpha value is -1.17. The van der Waals surface area contributed by atoms with Crippen LogP contribution in [0.1, 0.15) is 23.2 Å². The lowest BCUT2D eigenvalue weighted by atomic mass is 10.1. The van der Waals surface area contributed by atoms with Crippen LogP contribution in [-0.4, -0.2) is 15.8 Å². The number of nitrogens with zero attached hydrogens (tertiary/aromatic N) is 2. The predicted molar refractivity (Wildman–Crippen MR) is 75.5 cm³/mol. The number of hydrazine groups is 1. The average Bonchev–Trinajstić information content (AvgIpc) is 2.98. The first-order valence-electron chi connectivity index (χ1n) is 6.24. The van der Waals surface area contributed by atoms with Gasteiger partial charge in [-0.1, -0.05) is 6.07 Å². The molecule has 98 valence electrons. The molecule has 0 aliphatic carbocycles. The quantitative estimate of drug-likeness (QED) is 0.619. The van der Waals surface area contributed by atoms with Crippen molar-refractivity contribution < 1.29 is 0 Å². The standard InChI is InChI=1S/C13H20N4S/c1-3-17-12(7-10(2)16-17)8-11(15-14)9-13-5-4-6-18-13/h4-7,11,15H,3,8-9,14H2,1-2H3. The van der Waals surface area contributed by atoms with Crippen molar-refractivity contribution in [3.63, 3.8) is 0 Å². The number of hydrogen-bond acceptors (Lipinski definition) is 4. The zero-order valence-corrected chi connectivity index (χ0v) is 11.7. The molecule has 0 fully saturated rings. The zero-order chi connectivity index (χ0) is 13.0. The van der Waals surface area contributed by atoms with Crippen molar-refractivity contribution in [1.82, 2.24) is 15.2 Å². The van der Waals surface area contributed by atoms with Crippen LogP contribution in [0.5, 0.6) is 0 Å². The second kappa shape index (κ2) is 6.13. The van der Waals surface area contributed by atoms with Crippen molar-refractivity contribution in [2.45, 2.75) is 39.3 Å². The van der Waals surface area contributed by atoms with Gasteiger partial charge in [0.2, 0.25) is 0 Å². The van der Waals surface area contributed by atoms with Gasteiger partial charge in [0.25, 0.3) is 0 Å². The topological polar surface area (TPSA) is 55.9 Å². The minimum absolute atomic E-state index is 0.255. The van der Waals surface area contributed by atoms with Crippen LogP contribution in [0, 0.1) is 6.92 Å². The molecule has 3 N–H and O–H groups in total. The second-order valence-electron chi connectivity index (χ2n) is 4.44. The molecule has 0 amide bonds. The van der Waals surface area contributed by atoms with Crippen LogP contribution in [-0.2, 0) is 19.4 Å². The monoisotopic (exact) mass is 264 g/mol. The van der Waals surface area contributed by atoms with Gasteiger partial charge in [-0.15, -0.1) is 11.3 Å². The molecule has 0 saturated carbocycles. The Morgan fingerprint density at radius 1 is 1.50 bits per heavy atom. The summed E-state index contributed by atoms with van der Waals surface area (Å²) in [6, 6.07) is 6.62. The van der Waals surface area contributed by atoms with Gasteiger partial charge >= 0.3 is 0 Å². The third-order valence-corrected chi connectivity index (χ3v) is 3.90. The summed E-state index contributed by atoms with van der Waals surface area (Å²) in [6.45, 7) is 5.04. The fraction of sp³-hybridized carbons (Fsp3) is 0.462. The molecule has 4 nitrogen and oxygen atoms in total.